The second-order valence-corrected chi connectivity index (χ2v) is 10.1. The number of ketones is 4. The zero-order valence-electron chi connectivity index (χ0n) is 17.0. The number of carbonyl (C=O) groups is 4. The molecule has 154 valence electrons. The monoisotopic (exact) mass is 410 g/mol. The van der Waals surface area contributed by atoms with Crippen molar-refractivity contribution in [2.45, 2.75) is 19.3 Å². The lowest BCUT2D eigenvalue weighted by Crippen LogP contribution is -2.60. The van der Waals surface area contributed by atoms with E-state index >= 15 is 0 Å². The predicted molar refractivity (Wildman–Crippen MR) is 112 cm³/mol. The summed E-state index contributed by atoms with van der Waals surface area (Å²) in [5, 5.41) is 0. The van der Waals surface area contributed by atoms with E-state index in [1.165, 1.54) is 0 Å². The zero-order chi connectivity index (χ0) is 21.0. The number of hydrogen-bond acceptors (Lipinski definition) is 4. The third-order valence-electron chi connectivity index (χ3n) is 9.16. The van der Waals surface area contributed by atoms with Crippen LogP contribution in [0, 0.1) is 47.3 Å². The second kappa shape index (κ2) is 5.87. The van der Waals surface area contributed by atoms with Crippen molar-refractivity contribution in [1.29, 1.82) is 0 Å². The second-order valence-electron chi connectivity index (χ2n) is 10.1. The lowest BCUT2D eigenvalue weighted by Gasteiger charge is -2.54. The average molecular weight is 410 g/mol. The maximum absolute atomic E-state index is 13.8. The highest BCUT2D eigenvalue weighted by Crippen LogP contribution is 2.66. The number of hydrogen-bond donors (Lipinski definition) is 0. The zero-order valence-corrected chi connectivity index (χ0v) is 17.0. The van der Waals surface area contributed by atoms with Crippen LogP contribution in [0.4, 0.5) is 0 Å². The third-order valence-corrected chi connectivity index (χ3v) is 9.16. The van der Waals surface area contributed by atoms with Crippen molar-refractivity contribution in [3.05, 3.63) is 70.8 Å². The molecule has 8 unspecified atom stereocenters. The van der Waals surface area contributed by atoms with Crippen molar-refractivity contribution in [3.63, 3.8) is 0 Å². The molecule has 4 heteroatoms. The molecule has 0 aromatic heterocycles. The molecule has 0 amide bonds. The van der Waals surface area contributed by atoms with E-state index in [2.05, 4.69) is 0 Å². The molecular formula is C27H22O4. The highest BCUT2D eigenvalue weighted by molar-refractivity contribution is 6.22. The van der Waals surface area contributed by atoms with Gasteiger partial charge in [-0.25, -0.2) is 0 Å². The summed E-state index contributed by atoms with van der Waals surface area (Å²) in [5.74, 6) is -1.72. The Morgan fingerprint density at radius 1 is 0.484 bits per heavy atom. The Morgan fingerprint density at radius 3 is 1.16 bits per heavy atom. The van der Waals surface area contributed by atoms with Crippen LogP contribution in [0.5, 0.6) is 0 Å². The van der Waals surface area contributed by atoms with Crippen LogP contribution in [0.2, 0.25) is 0 Å². The average Bonchev–Trinajstić information content (AvgIpc) is 3.42. The van der Waals surface area contributed by atoms with E-state index in [-0.39, 0.29) is 35.0 Å². The van der Waals surface area contributed by atoms with Gasteiger partial charge in [-0.1, -0.05) is 48.5 Å². The molecule has 2 aromatic rings. The normalized spacial score (nSPS) is 39.5. The topological polar surface area (TPSA) is 68.3 Å². The van der Waals surface area contributed by atoms with E-state index in [4.69, 9.17) is 0 Å². The van der Waals surface area contributed by atoms with Crippen LogP contribution >= 0.6 is 0 Å². The quantitative estimate of drug-likeness (QED) is 0.650. The van der Waals surface area contributed by atoms with Gasteiger partial charge in [-0.3, -0.25) is 19.2 Å². The van der Waals surface area contributed by atoms with Crippen molar-refractivity contribution >= 4 is 23.1 Å². The van der Waals surface area contributed by atoms with Crippen LogP contribution in [-0.4, -0.2) is 23.1 Å². The van der Waals surface area contributed by atoms with Crippen molar-refractivity contribution in [2.75, 3.05) is 0 Å². The Balaban J connectivity index is 1.49. The fraction of sp³-hybridized carbons (Fsp3) is 0.407. The number of rotatable bonds is 0. The Kier molecular flexibility index (Phi) is 3.37. The maximum atomic E-state index is 13.8. The van der Waals surface area contributed by atoms with Crippen molar-refractivity contribution in [3.8, 4) is 0 Å². The minimum absolute atomic E-state index is 0.0142. The first-order chi connectivity index (χ1) is 15.1. The largest absolute Gasteiger partial charge is 0.294 e. The molecule has 0 aliphatic heterocycles. The molecule has 8 atom stereocenters. The predicted octanol–water partition coefficient (Wildman–Crippen LogP) is 4.29. The van der Waals surface area contributed by atoms with Crippen molar-refractivity contribution in [1.82, 2.24) is 0 Å². The standard InChI is InChI=1S/C27H22O4/c28-24-14-5-1-3-7-16(14)26(30)22-20(24)18-12-9-10-13(11-12)19(18)21-23(22)27(31)17-8-4-2-6-15(17)25(21)29/h1-8,12-13,18-23H,9-11H2. The Labute approximate surface area is 180 Å². The molecule has 2 bridgehead atoms. The molecule has 3 saturated carbocycles. The molecule has 0 heterocycles. The van der Waals surface area contributed by atoms with Crippen LogP contribution in [0.25, 0.3) is 0 Å². The molecule has 0 saturated heterocycles. The van der Waals surface area contributed by atoms with Gasteiger partial charge >= 0.3 is 0 Å². The molecular weight excluding hydrogens is 388 g/mol. The van der Waals surface area contributed by atoms with Gasteiger partial charge in [0.25, 0.3) is 0 Å². The molecule has 2 aromatic carbocycles. The Bertz CT molecular complexity index is 1120. The van der Waals surface area contributed by atoms with E-state index in [0.717, 1.165) is 19.3 Å². The van der Waals surface area contributed by atoms with Crippen LogP contribution in [0.1, 0.15) is 60.7 Å². The van der Waals surface area contributed by atoms with Gasteiger partial charge in [0.2, 0.25) is 0 Å². The van der Waals surface area contributed by atoms with E-state index in [1.54, 1.807) is 48.5 Å². The number of carbonyl (C=O) groups excluding carboxylic acids is 4. The third kappa shape index (κ3) is 2.02. The molecule has 0 radical (unpaired) electrons. The van der Waals surface area contributed by atoms with E-state index in [0.29, 0.717) is 34.1 Å². The summed E-state index contributed by atoms with van der Waals surface area (Å²) in [7, 11) is 0. The minimum Gasteiger partial charge on any atom is -0.294 e. The summed E-state index contributed by atoms with van der Waals surface area (Å²) >= 11 is 0. The van der Waals surface area contributed by atoms with Crippen molar-refractivity contribution < 1.29 is 19.2 Å². The summed E-state index contributed by atoms with van der Waals surface area (Å²) < 4.78 is 0. The summed E-state index contributed by atoms with van der Waals surface area (Å²) in [4.78, 5) is 55.1. The lowest BCUT2D eigenvalue weighted by molar-refractivity contribution is -0.0185. The van der Waals surface area contributed by atoms with E-state index in [9.17, 15) is 19.2 Å². The van der Waals surface area contributed by atoms with Gasteiger partial charge in [0.1, 0.15) is 0 Å². The van der Waals surface area contributed by atoms with E-state index < -0.39 is 23.7 Å². The molecule has 0 N–H and O–H groups in total. The number of benzene rings is 2. The van der Waals surface area contributed by atoms with Crippen LogP contribution in [0.3, 0.4) is 0 Å². The summed E-state index contributed by atoms with van der Waals surface area (Å²) in [6.07, 6.45) is 3.15. The molecule has 4 nitrogen and oxygen atoms in total. The first kappa shape index (κ1) is 17.8. The van der Waals surface area contributed by atoms with Gasteiger partial charge < -0.3 is 0 Å². The van der Waals surface area contributed by atoms with E-state index in [1.807, 2.05) is 0 Å². The fourth-order valence-electron chi connectivity index (χ4n) is 8.24. The lowest BCUT2D eigenvalue weighted by atomic mass is 9.46. The first-order valence-electron chi connectivity index (χ1n) is 11.4. The minimum atomic E-state index is -0.710. The molecule has 3 fully saturated rings. The fourth-order valence-corrected chi connectivity index (χ4v) is 8.24. The summed E-state index contributed by atoms with van der Waals surface area (Å²) in [6, 6.07) is 14.1. The summed E-state index contributed by atoms with van der Waals surface area (Å²) in [6.45, 7) is 0. The van der Waals surface area contributed by atoms with Crippen molar-refractivity contribution in [2.24, 2.45) is 47.3 Å². The van der Waals surface area contributed by atoms with Gasteiger partial charge in [-0.2, -0.15) is 0 Å². The highest BCUT2D eigenvalue weighted by Gasteiger charge is 2.68. The Hall–Kier alpha value is -2.88. The molecule has 31 heavy (non-hydrogen) atoms. The van der Waals surface area contributed by atoms with Crippen LogP contribution < -0.4 is 0 Å². The van der Waals surface area contributed by atoms with Gasteiger partial charge in [-0.05, 0) is 42.9 Å². The molecule has 7 rings (SSSR count). The number of Topliss-reactive ketones (excluding diaryl/α,β-unsaturated/α-hetero) is 4. The smallest absolute Gasteiger partial charge is 0.168 e. The SMILES string of the molecule is O=C1c2ccccc2C(=O)C2C1C1C(=O)c3ccccc3C(=O)C1C1C3CCC(C3)C21. The van der Waals surface area contributed by atoms with Crippen LogP contribution in [-0.2, 0) is 0 Å². The maximum Gasteiger partial charge on any atom is 0.168 e. The van der Waals surface area contributed by atoms with Gasteiger partial charge in [0.15, 0.2) is 23.1 Å². The highest BCUT2D eigenvalue weighted by atomic mass is 16.2. The van der Waals surface area contributed by atoms with Gasteiger partial charge in [-0.15, -0.1) is 0 Å². The van der Waals surface area contributed by atoms with Gasteiger partial charge in [0, 0.05) is 45.9 Å². The van der Waals surface area contributed by atoms with Gasteiger partial charge in [0.05, 0.1) is 0 Å². The number of fused-ring (bicyclic) bond motifs is 12. The molecule has 0 spiro atoms. The van der Waals surface area contributed by atoms with Crippen LogP contribution in [0.15, 0.2) is 48.5 Å². The summed E-state index contributed by atoms with van der Waals surface area (Å²) in [5.41, 5.74) is 1.86. The first-order valence-corrected chi connectivity index (χ1v) is 11.4. The molecule has 5 aliphatic carbocycles. The molecule has 5 aliphatic rings. The Morgan fingerprint density at radius 2 is 0.806 bits per heavy atom.